The van der Waals surface area contributed by atoms with Crippen molar-refractivity contribution in [3.63, 3.8) is 0 Å². The van der Waals surface area contributed by atoms with E-state index >= 15 is 0 Å². The van der Waals surface area contributed by atoms with Crippen LogP contribution in [-0.2, 0) is 4.79 Å². The molecule has 0 aliphatic carbocycles. The van der Waals surface area contributed by atoms with Crippen LogP contribution in [0.2, 0.25) is 0 Å². The number of pyridine rings is 1. The zero-order valence-corrected chi connectivity index (χ0v) is 10.4. The summed E-state index contributed by atoms with van der Waals surface area (Å²) in [5.41, 5.74) is 2.36. The SMILES string of the molecule is CC(=O)N1CCC[C@H]1c1c[nH]c(=S)cc1C. The molecule has 2 heterocycles. The Bertz CT molecular complexity index is 466. The molecule has 16 heavy (non-hydrogen) atoms. The zero-order chi connectivity index (χ0) is 11.7. The molecule has 1 amide bonds. The lowest BCUT2D eigenvalue weighted by Crippen LogP contribution is -2.28. The minimum absolute atomic E-state index is 0.157. The number of aromatic nitrogens is 1. The first-order valence-electron chi connectivity index (χ1n) is 5.56. The van der Waals surface area contributed by atoms with Crippen LogP contribution < -0.4 is 0 Å². The van der Waals surface area contributed by atoms with Crippen molar-refractivity contribution >= 4 is 18.1 Å². The standard InChI is InChI=1S/C12H16N2OS/c1-8-6-12(16)13-7-10(8)11-4-3-5-14(11)9(2)15/h6-7,11H,3-5H2,1-2H3,(H,13,16)/t11-/m0/s1. The van der Waals surface area contributed by atoms with E-state index in [1.165, 1.54) is 11.1 Å². The number of amides is 1. The van der Waals surface area contributed by atoms with Crippen molar-refractivity contribution in [3.05, 3.63) is 28.0 Å². The molecule has 1 aliphatic heterocycles. The first-order valence-corrected chi connectivity index (χ1v) is 5.97. The van der Waals surface area contributed by atoms with Gasteiger partial charge in [0.05, 0.1) is 6.04 Å². The monoisotopic (exact) mass is 236 g/mol. The molecule has 3 nitrogen and oxygen atoms in total. The highest BCUT2D eigenvalue weighted by Gasteiger charge is 2.28. The molecule has 0 unspecified atom stereocenters. The molecule has 1 fully saturated rings. The molecule has 1 aromatic rings. The van der Waals surface area contributed by atoms with Crippen LogP contribution in [-0.4, -0.2) is 22.3 Å². The Morgan fingerprint density at radius 3 is 3.00 bits per heavy atom. The van der Waals surface area contributed by atoms with Gasteiger partial charge in [-0.1, -0.05) is 12.2 Å². The van der Waals surface area contributed by atoms with Crippen molar-refractivity contribution in [2.45, 2.75) is 32.7 Å². The smallest absolute Gasteiger partial charge is 0.219 e. The van der Waals surface area contributed by atoms with Crippen LogP contribution in [0.5, 0.6) is 0 Å². The van der Waals surface area contributed by atoms with E-state index in [9.17, 15) is 4.79 Å². The summed E-state index contributed by atoms with van der Waals surface area (Å²) in [6.45, 7) is 4.56. The number of hydrogen-bond donors (Lipinski definition) is 1. The van der Waals surface area contributed by atoms with E-state index in [0.717, 1.165) is 24.0 Å². The molecule has 0 spiro atoms. The molecule has 1 atom stereocenters. The molecule has 2 rings (SSSR count). The molecular formula is C12H16N2OS. The first kappa shape index (κ1) is 11.3. The van der Waals surface area contributed by atoms with Crippen LogP contribution >= 0.6 is 12.2 Å². The quantitative estimate of drug-likeness (QED) is 0.761. The Balaban J connectivity index is 2.36. The molecule has 1 aliphatic rings. The summed E-state index contributed by atoms with van der Waals surface area (Å²) in [6, 6.07) is 2.19. The number of H-pyrrole nitrogens is 1. The van der Waals surface area contributed by atoms with Crippen molar-refractivity contribution in [1.29, 1.82) is 0 Å². The van der Waals surface area contributed by atoms with Gasteiger partial charge in [-0.2, -0.15) is 0 Å². The topological polar surface area (TPSA) is 36.1 Å². The molecule has 0 aromatic carbocycles. The molecule has 1 saturated heterocycles. The van der Waals surface area contributed by atoms with Gasteiger partial charge in [0, 0.05) is 19.7 Å². The van der Waals surface area contributed by atoms with Crippen LogP contribution in [0, 0.1) is 11.6 Å². The summed E-state index contributed by atoms with van der Waals surface area (Å²) in [5, 5.41) is 0. The van der Waals surface area contributed by atoms with E-state index in [-0.39, 0.29) is 11.9 Å². The number of rotatable bonds is 1. The molecule has 4 heteroatoms. The van der Waals surface area contributed by atoms with Gasteiger partial charge in [0.15, 0.2) is 0 Å². The van der Waals surface area contributed by atoms with Crippen LogP contribution in [0.4, 0.5) is 0 Å². The van der Waals surface area contributed by atoms with Crippen molar-refractivity contribution < 1.29 is 4.79 Å². The van der Waals surface area contributed by atoms with Gasteiger partial charge in [0.25, 0.3) is 0 Å². The van der Waals surface area contributed by atoms with Gasteiger partial charge in [-0.25, -0.2) is 0 Å². The number of hydrogen-bond acceptors (Lipinski definition) is 2. The Hall–Kier alpha value is -1.16. The second-order valence-electron chi connectivity index (χ2n) is 4.31. The van der Waals surface area contributed by atoms with Gasteiger partial charge in [-0.05, 0) is 37.0 Å². The summed E-state index contributed by atoms with van der Waals surface area (Å²) in [7, 11) is 0. The second kappa shape index (κ2) is 4.37. The third kappa shape index (κ3) is 2.02. The van der Waals surface area contributed by atoms with Gasteiger partial charge in [0.1, 0.15) is 4.64 Å². The largest absolute Gasteiger partial charge is 0.353 e. The molecular weight excluding hydrogens is 220 g/mol. The lowest BCUT2D eigenvalue weighted by atomic mass is 10.0. The summed E-state index contributed by atoms with van der Waals surface area (Å²) in [4.78, 5) is 16.5. The summed E-state index contributed by atoms with van der Waals surface area (Å²) in [5.74, 6) is 0.157. The Morgan fingerprint density at radius 2 is 2.38 bits per heavy atom. The Labute approximate surface area is 100 Å². The highest BCUT2D eigenvalue weighted by molar-refractivity contribution is 7.71. The van der Waals surface area contributed by atoms with Crippen LogP contribution in [0.15, 0.2) is 12.3 Å². The minimum Gasteiger partial charge on any atom is -0.353 e. The maximum absolute atomic E-state index is 11.5. The number of carbonyl (C=O) groups excluding carboxylic acids is 1. The fraction of sp³-hybridized carbons (Fsp3) is 0.500. The van der Waals surface area contributed by atoms with E-state index in [1.807, 2.05) is 17.2 Å². The van der Waals surface area contributed by atoms with Crippen LogP contribution in [0.3, 0.4) is 0 Å². The summed E-state index contributed by atoms with van der Waals surface area (Å²) >= 11 is 5.08. The van der Waals surface area contributed by atoms with Crippen LogP contribution in [0.25, 0.3) is 0 Å². The minimum atomic E-state index is 0.157. The number of aryl methyl sites for hydroxylation is 1. The fourth-order valence-corrected chi connectivity index (χ4v) is 2.65. The summed E-state index contributed by atoms with van der Waals surface area (Å²) < 4.78 is 0.744. The average Bonchev–Trinajstić information content (AvgIpc) is 2.66. The fourth-order valence-electron chi connectivity index (χ4n) is 2.41. The van der Waals surface area contributed by atoms with Crippen LogP contribution in [0.1, 0.15) is 36.9 Å². The molecule has 1 aromatic heterocycles. The van der Waals surface area contributed by atoms with E-state index in [1.54, 1.807) is 6.92 Å². The maximum atomic E-state index is 11.5. The Morgan fingerprint density at radius 1 is 1.62 bits per heavy atom. The van der Waals surface area contributed by atoms with Crippen molar-refractivity contribution in [1.82, 2.24) is 9.88 Å². The summed E-state index contributed by atoms with van der Waals surface area (Å²) in [6.07, 6.45) is 4.08. The number of carbonyl (C=O) groups is 1. The first-order chi connectivity index (χ1) is 7.59. The van der Waals surface area contributed by atoms with E-state index < -0.39 is 0 Å². The average molecular weight is 236 g/mol. The molecule has 0 radical (unpaired) electrons. The van der Waals surface area contributed by atoms with Gasteiger partial charge >= 0.3 is 0 Å². The van der Waals surface area contributed by atoms with Crippen molar-refractivity contribution in [3.8, 4) is 0 Å². The third-order valence-electron chi connectivity index (χ3n) is 3.19. The highest BCUT2D eigenvalue weighted by atomic mass is 32.1. The van der Waals surface area contributed by atoms with Crippen molar-refractivity contribution in [2.24, 2.45) is 0 Å². The van der Waals surface area contributed by atoms with E-state index in [4.69, 9.17) is 12.2 Å². The Kier molecular flexibility index (Phi) is 3.10. The molecule has 86 valence electrons. The zero-order valence-electron chi connectivity index (χ0n) is 9.62. The van der Waals surface area contributed by atoms with Gasteiger partial charge < -0.3 is 9.88 Å². The number of likely N-dealkylation sites (tertiary alicyclic amines) is 1. The molecule has 0 saturated carbocycles. The number of nitrogens with one attached hydrogen (secondary N) is 1. The lowest BCUT2D eigenvalue weighted by Gasteiger charge is -2.24. The predicted molar refractivity (Wildman–Crippen MR) is 65.7 cm³/mol. The van der Waals surface area contributed by atoms with Gasteiger partial charge in [-0.15, -0.1) is 0 Å². The highest BCUT2D eigenvalue weighted by Crippen LogP contribution is 2.33. The lowest BCUT2D eigenvalue weighted by molar-refractivity contribution is -0.129. The van der Waals surface area contributed by atoms with Crippen molar-refractivity contribution in [2.75, 3.05) is 6.54 Å². The van der Waals surface area contributed by atoms with E-state index in [0.29, 0.717) is 0 Å². The van der Waals surface area contributed by atoms with E-state index in [2.05, 4.69) is 11.9 Å². The maximum Gasteiger partial charge on any atom is 0.219 e. The number of aromatic amines is 1. The van der Waals surface area contributed by atoms with Gasteiger partial charge in [0.2, 0.25) is 5.91 Å². The molecule has 0 bridgehead atoms. The normalized spacial score (nSPS) is 20.1. The third-order valence-corrected chi connectivity index (χ3v) is 3.42. The van der Waals surface area contributed by atoms with Gasteiger partial charge in [-0.3, -0.25) is 4.79 Å². The molecule has 1 N–H and O–H groups in total. The predicted octanol–water partition coefficient (Wildman–Crippen LogP) is 2.74. The number of nitrogens with zero attached hydrogens (tertiary/aromatic N) is 1. The second-order valence-corrected chi connectivity index (χ2v) is 4.75.